The van der Waals surface area contributed by atoms with Crippen LogP contribution in [-0.2, 0) is 12.8 Å². The van der Waals surface area contributed by atoms with Crippen molar-refractivity contribution in [1.82, 2.24) is 0 Å². The number of hydrogen-bond acceptors (Lipinski definition) is 1. The molecule has 0 aliphatic heterocycles. The van der Waals surface area contributed by atoms with Crippen molar-refractivity contribution in [3.8, 4) is 17.9 Å². The molecule has 1 saturated carbocycles. The highest BCUT2D eigenvalue weighted by Gasteiger charge is 2.19. The quantitative estimate of drug-likeness (QED) is 0.469. The number of hydrogen-bond donors (Lipinski definition) is 0. The number of rotatable bonds is 7. The van der Waals surface area contributed by atoms with Gasteiger partial charge in [-0.1, -0.05) is 50.0 Å². The van der Waals surface area contributed by atoms with E-state index in [1.165, 1.54) is 75.3 Å². The summed E-state index contributed by atoms with van der Waals surface area (Å²) in [6.07, 6.45) is 12.6. The molecule has 0 amide bonds. The van der Waals surface area contributed by atoms with E-state index in [9.17, 15) is 0 Å². The van der Waals surface area contributed by atoms with Crippen molar-refractivity contribution in [2.75, 3.05) is 0 Å². The molecule has 0 aromatic heterocycles. The van der Waals surface area contributed by atoms with E-state index in [0.717, 1.165) is 5.92 Å². The molecule has 0 bridgehead atoms. The Kier molecular flexibility index (Phi) is 7.75. The summed E-state index contributed by atoms with van der Waals surface area (Å²) in [6, 6.07) is 11.2. The zero-order valence-corrected chi connectivity index (χ0v) is 14.5. The van der Waals surface area contributed by atoms with E-state index in [1.807, 2.05) is 6.07 Å². The second kappa shape index (κ2) is 10.1. The Labute approximate surface area is 142 Å². The van der Waals surface area contributed by atoms with Crippen LogP contribution in [0.2, 0.25) is 0 Å². The molecule has 122 valence electrons. The van der Waals surface area contributed by atoms with Crippen LogP contribution in [-0.4, -0.2) is 0 Å². The smallest absolute Gasteiger partial charge is 0.152 e. The van der Waals surface area contributed by atoms with Crippen LogP contribution >= 0.6 is 0 Å². The summed E-state index contributed by atoms with van der Waals surface area (Å²) in [5.74, 6) is 6.96. The van der Waals surface area contributed by atoms with Gasteiger partial charge >= 0.3 is 0 Å². The van der Waals surface area contributed by atoms with Crippen molar-refractivity contribution in [2.45, 2.75) is 71.1 Å². The standard InChI is InChI=1S/C22H29N/c1-2-3-4-6-19-8-12-21(13-9-19)16-17-22-14-10-20(11-15-22)7-5-18-23/h8-9,12-13,20,22H,2-4,6,10-11,14-17H2,1H3/t20-,22-. The predicted molar refractivity (Wildman–Crippen MR) is 96.8 cm³/mol. The first-order chi connectivity index (χ1) is 11.3. The molecular weight excluding hydrogens is 278 g/mol. The van der Waals surface area contributed by atoms with Crippen LogP contribution in [0.15, 0.2) is 24.3 Å². The summed E-state index contributed by atoms with van der Waals surface area (Å²) in [5, 5.41) is 8.52. The van der Waals surface area contributed by atoms with Gasteiger partial charge in [0, 0.05) is 11.8 Å². The second-order valence-corrected chi connectivity index (χ2v) is 6.91. The minimum absolute atomic E-state index is 0.466. The average molecular weight is 307 g/mol. The van der Waals surface area contributed by atoms with Crippen molar-refractivity contribution in [3.63, 3.8) is 0 Å². The fraction of sp³-hybridized carbons (Fsp3) is 0.591. The molecule has 1 aromatic rings. The average Bonchev–Trinajstić information content (AvgIpc) is 2.60. The first-order valence-electron chi connectivity index (χ1n) is 9.29. The van der Waals surface area contributed by atoms with E-state index < -0.39 is 0 Å². The van der Waals surface area contributed by atoms with Crippen molar-refractivity contribution in [3.05, 3.63) is 35.4 Å². The third kappa shape index (κ3) is 6.50. The number of nitriles is 1. The third-order valence-electron chi connectivity index (χ3n) is 5.11. The van der Waals surface area contributed by atoms with E-state index in [0.29, 0.717) is 5.92 Å². The number of nitrogens with zero attached hydrogens (tertiary/aromatic N) is 1. The summed E-state index contributed by atoms with van der Waals surface area (Å²) in [5.41, 5.74) is 2.97. The highest BCUT2D eigenvalue weighted by atomic mass is 14.2. The fourth-order valence-corrected chi connectivity index (χ4v) is 3.55. The van der Waals surface area contributed by atoms with Crippen molar-refractivity contribution in [1.29, 1.82) is 5.26 Å². The van der Waals surface area contributed by atoms with Gasteiger partial charge < -0.3 is 0 Å². The van der Waals surface area contributed by atoms with E-state index in [4.69, 9.17) is 5.26 Å². The number of aryl methyl sites for hydroxylation is 2. The second-order valence-electron chi connectivity index (χ2n) is 6.91. The Bertz CT molecular complexity index is 544. The molecule has 0 atom stereocenters. The third-order valence-corrected chi connectivity index (χ3v) is 5.11. The lowest BCUT2D eigenvalue weighted by Crippen LogP contribution is -2.14. The van der Waals surface area contributed by atoms with Gasteiger partial charge in [0.2, 0.25) is 0 Å². The SMILES string of the molecule is CCCCCc1ccc(CC[C@H]2CC[C@H](C#CC#N)CC2)cc1. The van der Waals surface area contributed by atoms with Crippen LogP contribution in [0.5, 0.6) is 0 Å². The Balaban J connectivity index is 1.69. The van der Waals surface area contributed by atoms with Crippen LogP contribution < -0.4 is 0 Å². The van der Waals surface area contributed by atoms with Gasteiger partial charge in [-0.15, -0.1) is 0 Å². The Morgan fingerprint density at radius 3 is 2.22 bits per heavy atom. The van der Waals surface area contributed by atoms with Crippen LogP contribution in [0, 0.1) is 35.0 Å². The summed E-state index contributed by atoms with van der Waals surface area (Å²) in [4.78, 5) is 0. The molecule has 0 unspecified atom stereocenters. The summed E-state index contributed by atoms with van der Waals surface area (Å²) in [6.45, 7) is 2.26. The van der Waals surface area contributed by atoms with Gasteiger partial charge in [0.1, 0.15) is 0 Å². The Morgan fingerprint density at radius 1 is 0.957 bits per heavy atom. The maximum Gasteiger partial charge on any atom is 0.152 e. The fourth-order valence-electron chi connectivity index (χ4n) is 3.55. The van der Waals surface area contributed by atoms with Crippen molar-refractivity contribution in [2.24, 2.45) is 11.8 Å². The lowest BCUT2D eigenvalue weighted by atomic mass is 9.80. The van der Waals surface area contributed by atoms with Gasteiger partial charge in [-0.2, -0.15) is 5.26 Å². The molecule has 23 heavy (non-hydrogen) atoms. The highest BCUT2D eigenvalue weighted by Crippen LogP contribution is 2.31. The molecule has 0 spiro atoms. The van der Waals surface area contributed by atoms with Crippen molar-refractivity contribution >= 4 is 0 Å². The molecule has 1 aliphatic rings. The molecular formula is C22H29N. The molecule has 0 radical (unpaired) electrons. The maximum absolute atomic E-state index is 8.52. The van der Waals surface area contributed by atoms with Gasteiger partial charge in [0.05, 0.1) is 0 Å². The Hall–Kier alpha value is -1.73. The van der Waals surface area contributed by atoms with E-state index in [1.54, 1.807) is 0 Å². The van der Waals surface area contributed by atoms with Gasteiger partial charge in [-0.25, -0.2) is 0 Å². The first kappa shape index (κ1) is 17.6. The molecule has 1 aromatic carbocycles. The molecule has 1 fully saturated rings. The van der Waals surface area contributed by atoms with Crippen LogP contribution in [0.25, 0.3) is 0 Å². The lowest BCUT2D eigenvalue weighted by Gasteiger charge is -2.25. The molecule has 0 heterocycles. The van der Waals surface area contributed by atoms with Gasteiger partial charge in [-0.05, 0) is 68.4 Å². The van der Waals surface area contributed by atoms with Crippen LogP contribution in [0.3, 0.4) is 0 Å². The minimum Gasteiger partial charge on any atom is -0.183 e. The van der Waals surface area contributed by atoms with Gasteiger partial charge in [0.25, 0.3) is 0 Å². The molecule has 1 aliphatic carbocycles. The number of benzene rings is 1. The molecule has 0 saturated heterocycles. The summed E-state index contributed by atoms with van der Waals surface area (Å²) >= 11 is 0. The topological polar surface area (TPSA) is 23.8 Å². The lowest BCUT2D eigenvalue weighted by molar-refractivity contribution is 0.302. The summed E-state index contributed by atoms with van der Waals surface area (Å²) in [7, 11) is 0. The highest BCUT2D eigenvalue weighted by molar-refractivity contribution is 5.23. The maximum atomic E-state index is 8.52. The van der Waals surface area contributed by atoms with Crippen molar-refractivity contribution < 1.29 is 0 Å². The molecule has 1 nitrogen and oxygen atoms in total. The zero-order chi connectivity index (χ0) is 16.3. The largest absolute Gasteiger partial charge is 0.183 e. The minimum atomic E-state index is 0.466. The van der Waals surface area contributed by atoms with E-state index in [2.05, 4.69) is 43.0 Å². The Morgan fingerprint density at radius 2 is 1.61 bits per heavy atom. The first-order valence-corrected chi connectivity index (χ1v) is 9.29. The monoisotopic (exact) mass is 307 g/mol. The molecule has 0 N–H and O–H groups in total. The van der Waals surface area contributed by atoms with E-state index in [-0.39, 0.29) is 0 Å². The summed E-state index contributed by atoms with van der Waals surface area (Å²) < 4.78 is 0. The van der Waals surface area contributed by atoms with Crippen LogP contribution in [0.1, 0.15) is 69.4 Å². The molecule has 1 heteroatoms. The number of unbranched alkanes of at least 4 members (excludes halogenated alkanes) is 2. The van der Waals surface area contributed by atoms with E-state index >= 15 is 0 Å². The zero-order valence-electron chi connectivity index (χ0n) is 14.5. The predicted octanol–water partition coefficient (Wildman–Crippen LogP) is 5.69. The van der Waals surface area contributed by atoms with Gasteiger partial charge in [-0.3, -0.25) is 0 Å². The normalized spacial score (nSPS) is 20.3. The van der Waals surface area contributed by atoms with Gasteiger partial charge in [0.15, 0.2) is 6.07 Å². The van der Waals surface area contributed by atoms with Crippen LogP contribution in [0.4, 0.5) is 0 Å². The molecule has 2 rings (SSSR count).